The number of hydrogen-bond donors (Lipinski definition) is 1. The molecule has 0 aliphatic rings. The molecule has 0 saturated carbocycles. The summed E-state index contributed by atoms with van der Waals surface area (Å²) in [6.45, 7) is 2.43. The van der Waals surface area contributed by atoms with Crippen LogP contribution in [0, 0.1) is 0 Å². The van der Waals surface area contributed by atoms with Gasteiger partial charge in [-0.3, -0.25) is 9.59 Å². The van der Waals surface area contributed by atoms with Crippen molar-refractivity contribution in [3.8, 4) is 17.2 Å². The van der Waals surface area contributed by atoms with Crippen LogP contribution in [0.1, 0.15) is 22.8 Å². The Balaban J connectivity index is 1.64. The van der Waals surface area contributed by atoms with Gasteiger partial charge < -0.3 is 24.4 Å². The fourth-order valence-corrected chi connectivity index (χ4v) is 3.35. The van der Waals surface area contributed by atoms with Gasteiger partial charge in [0.15, 0.2) is 11.5 Å². The van der Waals surface area contributed by atoms with Crippen LogP contribution in [0.5, 0.6) is 17.2 Å². The summed E-state index contributed by atoms with van der Waals surface area (Å²) in [5, 5.41) is 3.45. The van der Waals surface area contributed by atoms with E-state index in [0.717, 1.165) is 5.56 Å². The molecule has 0 spiro atoms. The lowest BCUT2D eigenvalue weighted by Gasteiger charge is -2.21. The van der Waals surface area contributed by atoms with Gasteiger partial charge in [-0.05, 0) is 67.1 Å². The van der Waals surface area contributed by atoms with E-state index in [0.29, 0.717) is 46.7 Å². The van der Waals surface area contributed by atoms with Gasteiger partial charge >= 0.3 is 0 Å². The first-order valence-corrected chi connectivity index (χ1v) is 11.1. The van der Waals surface area contributed by atoms with E-state index in [4.69, 9.17) is 25.8 Å². The zero-order valence-corrected chi connectivity index (χ0v) is 20.1. The minimum absolute atomic E-state index is 0.0848. The summed E-state index contributed by atoms with van der Waals surface area (Å²) < 4.78 is 16.4. The summed E-state index contributed by atoms with van der Waals surface area (Å²) in [7, 11) is 3.09. The average molecular weight is 483 g/mol. The van der Waals surface area contributed by atoms with E-state index in [-0.39, 0.29) is 18.4 Å². The van der Waals surface area contributed by atoms with Gasteiger partial charge in [0.2, 0.25) is 5.91 Å². The summed E-state index contributed by atoms with van der Waals surface area (Å²) in [5.41, 5.74) is 1.97. The largest absolute Gasteiger partial charge is 0.497 e. The van der Waals surface area contributed by atoms with Crippen molar-refractivity contribution in [3.63, 3.8) is 0 Å². The number of nitrogens with one attached hydrogen (secondary N) is 1. The van der Waals surface area contributed by atoms with Gasteiger partial charge in [-0.15, -0.1) is 0 Å². The average Bonchev–Trinajstić information content (AvgIpc) is 2.87. The molecule has 3 aromatic rings. The normalized spacial score (nSPS) is 10.4. The van der Waals surface area contributed by atoms with E-state index in [1.165, 1.54) is 12.0 Å². The highest BCUT2D eigenvalue weighted by Crippen LogP contribution is 2.29. The maximum atomic E-state index is 13.1. The molecule has 178 valence electrons. The van der Waals surface area contributed by atoms with E-state index in [2.05, 4.69) is 5.32 Å². The van der Waals surface area contributed by atoms with E-state index >= 15 is 0 Å². The standard InChI is InChI=1S/C26H27ClN2O5/c1-4-29(16-25(30)28-21-10-12-22(32-2)13-11-21)26(31)19-7-14-23(24(15-19)33-3)34-17-18-5-8-20(27)9-6-18/h5-15H,4,16-17H2,1-3H3,(H,28,30). The van der Waals surface area contributed by atoms with Crippen LogP contribution < -0.4 is 19.5 Å². The molecule has 3 rings (SSSR count). The Morgan fingerprint density at radius 3 is 2.24 bits per heavy atom. The highest BCUT2D eigenvalue weighted by atomic mass is 35.5. The Kier molecular flexibility index (Phi) is 8.76. The van der Waals surface area contributed by atoms with Crippen molar-refractivity contribution in [2.24, 2.45) is 0 Å². The van der Waals surface area contributed by atoms with E-state index in [1.807, 2.05) is 19.1 Å². The number of halogens is 1. The van der Waals surface area contributed by atoms with Crippen molar-refractivity contribution < 1.29 is 23.8 Å². The second kappa shape index (κ2) is 12.0. The molecule has 3 aromatic carbocycles. The molecule has 1 N–H and O–H groups in total. The van der Waals surface area contributed by atoms with Crippen molar-refractivity contribution in [1.82, 2.24) is 4.90 Å². The number of amides is 2. The van der Waals surface area contributed by atoms with Crippen LogP contribution in [-0.4, -0.2) is 44.0 Å². The van der Waals surface area contributed by atoms with Gasteiger partial charge in [0.1, 0.15) is 18.9 Å². The molecule has 7 nitrogen and oxygen atoms in total. The molecule has 34 heavy (non-hydrogen) atoms. The number of carbonyl (C=O) groups excluding carboxylic acids is 2. The molecular formula is C26H27ClN2O5. The zero-order valence-electron chi connectivity index (χ0n) is 19.3. The molecule has 0 fully saturated rings. The number of anilines is 1. The van der Waals surface area contributed by atoms with E-state index < -0.39 is 0 Å². The second-order valence-electron chi connectivity index (χ2n) is 7.38. The number of methoxy groups -OCH3 is 2. The Morgan fingerprint density at radius 2 is 1.62 bits per heavy atom. The van der Waals surface area contributed by atoms with Crippen LogP contribution in [-0.2, 0) is 11.4 Å². The first kappa shape index (κ1) is 24.9. The number of likely N-dealkylation sites (N-methyl/N-ethyl adjacent to an activating group) is 1. The van der Waals surface area contributed by atoms with Crippen molar-refractivity contribution in [2.45, 2.75) is 13.5 Å². The third-order valence-electron chi connectivity index (χ3n) is 5.10. The lowest BCUT2D eigenvalue weighted by atomic mass is 10.1. The number of carbonyl (C=O) groups is 2. The van der Waals surface area contributed by atoms with Crippen LogP contribution in [0.2, 0.25) is 5.02 Å². The second-order valence-corrected chi connectivity index (χ2v) is 7.81. The Hall–Kier alpha value is -3.71. The summed E-state index contributed by atoms with van der Waals surface area (Å²) >= 11 is 5.92. The SMILES string of the molecule is CCN(CC(=O)Nc1ccc(OC)cc1)C(=O)c1ccc(OCc2ccc(Cl)cc2)c(OC)c1. The maximum absolute atomic E-state index is 13.1. The quantitative estimate of drug-likeness (QED) is 0.438. The van der Waals surface area contributed by atoms with Gasteiger partial charge in [0.05, 0.1) is 14.2 Å². The molecule has 2 amide bonds. The Labute approximate surface area is 204 Å². The molecule has 0 heterocycles. The zero-order chi connectivity index (χ0) is 24.5. The van der Waals surface area contributed by atoms with E-state index in [1.54, 1.807) is 61.7 Å². The van der Waals surface area contributed by atoms with Crippen molar-refractivity contribution in [3.05, 3.63) is 82.9 Å². The third kappa shape index (κ3) is 6.65. The molecular weight excluding hydrogens is 456 g/mol. The van der Waals surface area contributed by atoms with Gasteiger partial charge in [-0.25, -0.2) is 0 Å². The molecule has 0 bridgehead atoms. The summed E-state index contributed by atoms with van der Waals surface area (Å²) in [5.74, 6) is 1.05. The smallest absolute Gasteiger partial charge is 0.254 e. The molecule has 0 atom stereocenters. The lowest BCUT2D eigenvalue weighted by molar-refractivity contribution is -0.116. The summed E-state index contributed by atoms with van der Waals surface area (Å²) in [6.07, 6.45) is 0. The van der Waals surface area contributed by atoms with Gasteiger partial charge in [-0.2, -0.15) is 0 Å². The van der Waals surface area contributed by atoms with Gasteiger partial charge in [-0.1, -0.05) is 23.7 Å². The molecule has 0 aromatic heterocycles. The monoisotopic (exact) mass is 482 g/mol. The minimum Gasteiger partial charge on any atom is -0.497 e. The predicted octanol–water partition coefficient (Wildman–Crippen LogP) is 5.04. The molecule has 0 aliphatic heterocycles. The highest BCUT2D eigenvalue weighted by Gasteiger charge is 2.19. The predicted molar refractivity (Wildman–Crippen MR) is 132 cm³/mol. The number of benzene rings is 3. The van der Waals surface area contributed by atoms with Crippen molar-refractivity contribution in [1.29, 1.82) is 0 Å². The maximum Gasteiger partial charge on any atom is 0.254 e. The minimum atomic E-state index is -0.296. The Bertz CT molecular complexity index is 1120. The fraction of sp³-hybridized carbons (Fsp3) is 0.231. The van der Waals surface area contributed by atoms with Gasteiger partial charge in [0, 0.05) is 22.8 Å². The number of nitrogens with zero attached hydrogens (tertiary/aromatic N) is 1. The summed E-state index contributed by atoms with van der Waals surface area (Å²) in [6, 6.07) is 19.3. The van der Waals surface area contributed by atoms with Gasteiger partial charge in [0.25, 0.3) is 5.91 Å². The number of rotatable bonds is 10. The molecule has 0 unspecified atom stereocenters. The van der Waals surface area contributed by atoms with Crippen LogP contribution in [0.25, 0.3) is 0 Å². The number of ether oxygens (including phenoxy) is 3. The first-order valence-electron chi connectivity index (χ1n) is 10.7. The van der Waals surface area contributed by atoms with Crippen molar-refractivity contribution >= 4 is 29.1 Å². The topological polar surface area (TPSA) is 77.1 Å². The molecule has 0 saturated heterocycles. The molecule has 0 radical (unpaired) electrons. The Morgan fingerprint density at radius 1 is 0.912 bits per heavy atom. The van der Waals surface area contributed by atoms with E-state index in [9.17, 15) is 9.59 Å². The molecule has 0 aliphatic carbocycles. The van der Waals surface area contributed by atoms with Crippen LogP contribution in [0.3, 0.4) is 0 Å². The number of hydrogen-bond acceptors (Lipinski definition) is 5. The van der Waals surface area contributed by atoms with Crippen molar-refractivity contribution in [2.75, 3.05) is 32.6 Å². The highest BCUT2D eigenvalue weighted by molar-refractivity contribution is 6.30. The fourth-order valence-electron chi connectivity index (χ4n) is 3.22. The van der Waals surface area contributed by atoms with Crippen LogP contribution >= 0.6 is 11.6 Å². The third-order valence-corrected chi connectivity index (χ3v) is 5.35. The van der Waals surface area contributed by atoms with Crippen LogP contribution in [0.4, 0.5) is 5.69 Å². The van der Waals surface area contributed by atoms with Crippen LogP contribution in [0.15, 0.2) is 66.7 Å². The first-order chi connectivity index (χ1) is 16.4. The molecule has 8 heteroatoms. The summed E-state index contributed by atoms with van der Waals surface area (Å²) in [4.78, 5) is 27.0. The lowest BCUT2D eigenvalue weighted by Crippen LogP contribution is -2.37.